The minimum atomic E-state index is -0.290. The molecule has 3 N–H and O–H groups in total. The molecule has 0 aliphatic heterocycles. The molecule has 7 heteroatoms. The first-order chi connectivity index (χ1) is 10.7. The third kappa shape index (κ3) is 4.23. The van der Waals surface area contributed by atoms with Crippen molar-refractivity contribution in [1.29, 1.82) is 0 Å². The highest BCUT2D eigenvalue weighted by molar-refractivity contribution is 5.98. The Morgan fingerprint density at radius 1 is 1.36 bits per heavy atom. The van der Waals surface area contributed by atoms with Crippen molar-refractivity contribution in [2.24, 2.45) is 0 Å². The van der Waals surface area contributed by atoms with E-state index in [9.17, 15) is 4.79 Å². The van der Waals surface area contributed by atoms with Crippen LogP contribution in [0.4, 0.5) is 5.82 Å². The number of pyridine rings is 1. The lowest BCUT2D eigenvalue weighted by atomic mass is 10.2. The predicted molar refractivity (Wildman–Crippen MR) is 83.1 cm³/mol. The molecule has 2 rings (SSSR count). The molecule has 0 aromatic carbocycles. The van der Waals surface area contributed by atoms with Crippen molar-refractivity contribution in [2.75, 3.05) is 25.5 Å². The average molecular weight is 301 g/mol. The van der Waals surface area contributed by atoms with E-state index >= 15 is 0 Å². The molecule has 0 fully saturated rings. The van der Waals surface area contributed by atoms with Crippen molar-refractivity contribution in [1.82, 2.24) is 20.3 Å². The molecule has 0 bridgehead atoms. The first-order valence-electron chi connectivity index (χ1n) is 7.12. The van der Waals surface area contributed by atoms with Crippen LogP contribution in [0.1, 0.15) is 23.7 Å². The van der Waals surface area contributed by atoms with Gasteiger partial charge in [0.15, 0.2) is 5.82 Å². The van der Waals surface area contributed by atoms with E-state index in [-0.39, 0.29) is 17.3 Å². The third-order valence-electron chi connectivity index (χ3n) is 2.91. The number of ether oxygens (including phenoxy) is 1. The molecule has 0 aliphatic carbocycles. The number of nitrogens with two attached hydrogens (primary N) is 1. The average Bonchev–Trinajstić information content (AvgIpc) is 2.55. The topological polar surface area (TPSA) is 103 Å². The van der Waals surface area contributed by atoms with Crippen molar-refractivity contribution in [3.63, 3.8) is 0 Å². The minimum absolute atomic E-state index is 0.137. The monoisotopic (exact) mass is 301 g/mol. The molecule has 0 atom stereocenters. The maximum Gasteiger partial charge on any atom is 0.256 e. The molecule has 1 amide bonds. The number of anilines is 1. The molecule has 0 unspecified atom stereocenters. The van der Waals surface area contributed by atoms with E-state index in [4.69, 9.17) is 10.5 Å². The van der Waals surface area contributed by atoms with Gasteiger partial charge in [0.05, 0.1) is 5.56 Å². The second kappa shape index (κ2) is 8.04. The summed E-state index contributed by atoms with van der Waals surface area (Å²) in [6, 6.07) is 5.42. The van der Waals surface area contributed by atoms with Gasteiger partial charge in [-0.15, -0.1) is 0 Å². The van der Waals surface area contributed by atoms with Gasteiger partial charge in [0, 0.05) is 32.2 Å². The van der Waals surface area contributed by atoms with E-state index in [0.717, 1.165) is 6.42 Å². The SMILES string of the molecule is CCOCCCNC(=O)c1cnc(-c2ccccn2)nc1N. The third-order valence-corrected chi connectivity index (χ3v) is 2.91. The smallest absolute Gasteiger partial charge is 0.256 e. The lowest BCUT2D eigenvalue weighted by Crippen LogP contribution is -2.26. The molecule has 0 spiro atoms. The van der Waals surface area contributed by atoms with Crippen LogP contribution in [-0.4, -0.2) is 40.6 Å². The second-order valence-electron chi connectivity index (χ2n) is 4.51. The van der Waals surface area contributed by atoms with Gasteiger partial charge in [0.2, 0.25) is 0 Å². The molecule has 22 heavy (non-hydrogen) atoms. The van der Waals surface area contributed by atoms with Gasteiger partial charge < -0.3 is 15.8 Å². The summed E-state index contributed by atoms with van der Waals surface area (Å²) >= 11 is 0. The predicted octanol–water partition coefficient (Wildman–Crippen LogP) is 1.28. The van der Waals surface area contributed by atoms with Gasteiger partial charge in [0.1, 0.15) is 11.5 Å². The molecule has 2 aromatic heterocycles. The molecular weight excluding hydrogens is 282 g/mol. The Labute approximate surface area is 129 Å². The zero-order chi connectivity index (χ0) is 15.8. The Balaban J connectivity index is 1.99. The van der Waals surface area contributed by atoms with Crippen LogP contribution in [0.2, 0.25) is 0 Å². The molecule has 0 saturated carbocycles. The van der Waals surface area contributed by atoms with Crippen LogP contribution in [-0.2, 0) is 4.74 Å². The molecule has 0 saturated heterocycles. The highest BCUT2D eigenvalue weighted by atomic mass is 16.5. The highest BCUT2D eigenvalue weighted by Crippen LogP contribution is 2.14. The number of rotatable bonds is 7. The number of hydrogen-bond donors (Lipinski definition) is 2. The zero-order valence-electron chi connectivity index (χ0n) is 12.5. The lowest BCUT2D eigenvalue weighted by Gasteiger charge is -2.08. The zero-order valence-corrected chi connectivity index (χ0v) is 12.5. The van der Waals surface area contributed by atoms with Crippen molar-refractivity contribution in [3.8, 4) is 11.5 Å². The van der Waals surface area contributed by atoms with Crippen molar-refractivity contribution in [3.05, 3.63) is 36.2 Å². The van der Waals surface area contributed by atoms with Crippen LogP contribution in [0.5, 0.6) is 0 Å². The summed E-state index contributed by atoms with van der Waals surface area (Å²) in [6.45, 7) is 3.73. The second-order valence-corrected chi connectivity index (χ2v) is 4.51. The number of amides is 1. The highest BCUT2D eigenvalue weighted by Gasteiger charge is 2.13. The van der Waals surface area contributed by atoms with E-state index in [1.807, 2.05) is 13.0 Å². The fourth-order valence-electron chi connectivity index (χ4n) is 1.80. The first kappa shape index (κ1) is 15.8. The van der Waals surface area contributed by atoms with Crippen LogP contribution >= 0.6 is 0 Å². The normalized spacial score (nSPS) is 10.4. The maximum absolute atomic E-state index is 12.0. The van der Waals surface area contributed by atoms with Gasteiger partial charge in [-0.2, -0.15) is 0 Å². The number of carbonyl (C=O) groups is 1. The lowest BCUT2D eigenvalue weighted by molar-refractivity contribution is 0.0944. The van der Waals surface area contributed by atoms with Gasteiger partial charge in [-0.3, -0.25) is 9.78 Å². The number of hydrogen-bond acceptors (Lipinski definition) is 6. The van der Waals surface area contributed by atoms with Crippen molar-refractivity contribution >= 4 is 11.7 Å². The van der Waals surface area contributed by atoms with E-state index in [2.05, 4.69) is 20.3 Å². The molecule has 7 nitrogen and oxygen atoms in total. The van der Waals surface area contributed by atoms with Gasteiger partial charge >= 0.3 is 0 Å². The number of nitrogens with one attached hydrogen (secondary N) is 1. The fourth-order valence-corrected chi connectivity index (χ4v) is 1.80. The minimum Gasteiger partial charge on any atom is -0.383 e. The number of carbonyl (C=O) groups excluding carboxylic acids is 1. The van der Waals surface area contributed by atoms with Crippen LogP contribution in [0.25, 0.3) is 11.5 Å². The summed E-state index contributed by atoms with van der Waals surface area (Å²) in [6.07, 6.45) is 3.81. The standard InChI is InChI=1S/C15H19N5O2/c1-2-22-9-5-8-18-15(21)11-10-19-14(20-13(11)16)12-6-3-4-7-17-12/h3-4,6-7,10H,2,5,8-9H2,1H3,(H,18,21)(H2,16,19,20). The largest absolute Gasteiger partial charge is 0.383 e. The Kier molecular flexibility index (Phi) is 5.79. The van der Waals surface area contributed by atoms with Crippen LogP contribution in [0, 0.1) is 0 Å². The van der Waals surface area contributed by atoms with E-state index in [0.29, 0.717) is 31.3 Å². The summed E-state index contributed by atoms with van der Waals surface area (Å²) in [5.41, 5.74) is 6.72. The van der Waals surface area contributed by atoms with Crippen LogP contribution in [0.15, 0.2) is 30.6 Å². The number of aromatic nitrogens is 3. The van der Waals surface area contributed by atoms with E-state index in [1.165, 1.54) is 6.20 Å². The molecule has 2 aromatic rings. The molecule has 0 radical (unpaired) electrons. The van der Waals surface area contributed by atoms with Gasteiger partial charge in [0.25, 0.3) is 5.91 Å². The Bertz CT molecular complexity index is 619. The summed E-state index contributed by atoms with van der Waals surface area (Å²) < 4.78 is 5.20. The molecular formula is C15H19N5O2. The first-order valence-corrected chi connectivity index (χ1v) is 7.12. The van der Waals surface area contributed by atoms with Crippen molar-refractivity contribution in [2.45, 2.75) is 13.3 Å². The number of nitrogen functional groups attached to an aromatic ring is 1. The summed E-state index contributed by atoms with van der Waals surface area (Å²) in [5.74, 6) is 0.241. The fraction of sp³-hybridized carbons (Fsp3) is 0.333. The summed E-state index contributed by atoms with van der Waals surface area (Å²) in [5, 5.41) is 2.76. The molecule has 116 valence electrons. The Hall–Kier alpha value is -2.54. The molecule has 2 heterocycles. The van der Waals surface area contributed by atoms with Crippen molar-refractivity contribution < 1.29 is 9.53 Å². The number of nitrogens with zero attached hydrogens (tertiary/aromatic N) is 3. The Morgan fingerprint density at radius 3 is 2.91 bits per heavy atom. The van der Waals surface area contributed by atoms with E-state index < -0.39 is 0 Å². The van der Waals surface area contributed by atoms with E-state index in [1.54, 1.807) is 18.3 Å². The Morgan fingerprint density at radius 2 is 2.23 bits per heavy atom. The summed E-state index contributed by atoms with van der Waals surface area (Å²) in [7, 11) is 0. The van der Waals surface area contributed by atoms with Gasteiger partial charge in [-0.05, 0) is 25.5 Å². The van der Waals surface area contributed by atoms with Gasteiger partial charge in [-0.25, -0.2) is 9.97 Å². The van der Waals surface area contributed by atoms with Crippen LogP contribution in [0.3, 0.4) is 0 Å². The van der Waals surface area contributed by atoms with Gasteiger partial charge in [-0.1, -0.05) is 6.07 Å². The summed E-state index contributed by atoms with van der Waals surface area (Å²) in [4.78, 5) is 24.5. The van der Waals surface area contributed by atoms with Crippen LogP contribution < -0.4 is 11.1 Å². The quantitative estimate of drug-likeness (QED) is 0.747. The molecule has 0 aliphatic rings. The maximum atomic E-state index is 12.0.